The molecular weight excluding hydrogens is 344 g/mol. The summed E-state index contributed by atoms with van der Waals surface area (Å²) >= 11 is 0. The topological polar surface area (TPSA) is 81.4 Å². The van der Waals surface area contributed by atoms with Crippen LogP contribution in [0, 0.1) is 0 Å². The minimum Gasteiger partial charge on any atom is -0.481 e. The van der Waals surface area contributed by atoms with E-state index in [2.05, 4.69) is 17.2 Å². The first-order chi connectivity index (χ1) is 13.1. The molecule has 6 heteroatoms. The van der Waals surface area contributed by atoms with Gasteiger partial charge in [-0.05, 0) is 48.7 Å². The molecule has 0 fully saturated rings. The molecule has 3 rings (SSSR count). The van der Waals surface area contributed by atoms with Crippen LogP contribution in [0.15, 0.2) is 58.0 Å². The normalized spacial score (nSPS) is 11.9. The molecule has 0 unspecified atom stereocenters. The SMILES string of the molecule is CCCc1cc(=O)oc2cc(O[C@H](C)C(=O)NCc3ccncc3)ccc12. The Labute approximate surface area is 157 Å². The van der Waals surface area contributed by atoms with Crippen LogP contribution in [0.25, 0.3) is 11.0 Å². The Morgan fingerprint density at radius 1 is 1.22 bits per heavy atom. The van der Waals surface area contributed by atoms with Crippen LogP contribution in [0.4, 0.5) is 0 Å². The molecule has 1 amide bonds. The lowest BCUT2D eigenvalue weighted by atomic mass is 10.1. The third-order valence-electron chi connectivity index (χ3n) is 4.22. The van der Waals surface area contributed by atoms with E-state index in [0.29, 0.717) is 17.9 Å². The van der Waals surface area contributed by atoms with Crippen molar-refractivity contribution in [3.63, 3.8) is 0 Å². The van der Waals surface area contributed by atoms with Crippen molar-refractivity contribution < 1.29 is 13.9 Å². The van der Waals surface area contributed by atoms with Gasteiger partial charge in [0.05, 0.1) is 0 Å². The number of carbonyl (C=O) groups excluding carboxylic acids is 1. The Balaban J connectivity index is 1.70. The molecule has 2 heterocycles. The van der Waals surface area contributed by atoms with Gasteiger partial charge in [-0.25, -0.2) is 4.79 Å². The molecule has 0 spiro atoms. The average molecular weight is 366 g/mol. The van der Waals surface area contributed by atoms with E-state index in [0.717, 1.165) is 29.4 Å². The van der Waals surface area contributed by atoms with E-state index >= 15 is 0 Å². The number of nitrogens with one attached hydrogen (secondary N) is 1. The zero-order valence-corrected chi connectivity index (χ0v) is 15.4. The largest absolute Gasteiger partial charge is 0.481 e. The fraction of sp³-hybridized carbons (Fsp3) is 0.286. The van der Waals surface area contributed by atoms with Crippen LogP contribution in [0.5, 0.6) is 5.75 Å². The highest BCUT2D eigenvalue weighted by atomic mass is 16.5. The first-order valence-corrected chi connectivity index (χ1v) is 8.97. The van der Waals surface area contributed by atoms with E-state index in [9.17, 15) is 9.59 Å². The van der Waals surface area contributed by atoms with Gasteiger partial charge in [0.25, 0.3) is 5.91 Å². The summed E-state index contributed by atoms with van der Waals surface area (Å²) in [5, 5.41) is 3.71. The molecule has 6 nitrogen and oxygen atoms in total. The summed E-state index contributed by atoms with van der Waals surface area (Å²) in [7, 11) is 0. The summed E-state index contributed by atoms with van der Waals surface area (Å²) in [5.74, 6) is 0.249. The number of carbonyl (C=O) groups is 1. The Bertz CT molecular complexity index is 982. The van der Waals surface area contributed by atoms with Gasteiger partial charge in [-0.2, -0.15) is 0 Å². The molecular formula is C21H22N2O4. The summed E-state index contributed by atoms with van der Waals surface area (Å²) < 4.78 is 11.0. The van der Waals surface area contributed by atoms with Gasteiger partial charge >= 0.3 is 5.63 Å². The molecule has 27 heavy (non-hydrogen) atoms. The smallest absolute Gasteiger partial charge is 0.336 e. The van der Waals surface area contributed by atoms with Crippen molar-refractivity contribution in [1.29, 1.82) is 0 Å². The number of aryl methyl sites for hydroxylation is 1. The number of aromatic nitrogens is 1. The quantitative estimate of drug-likeness (QED) is 0.649. The van der Waals surface area contributed by atoms with Gasteiger partial charge in [0.15, 0.2) is 6.10 Å². The summed E-state index contributed by atoms with van der Waals surface area (Å²) in [4.78, 5) is 28.0. The first-order valence-electron chi connectivity index (χ1n) is 8.97. The maximum atomic E-state index is 12.3. The maximum Gasteiger partial charge on any atom is 0.336 e. The van der Waals surface area contributed by atoms with Crippen LogP contribution in [-0.4, -0.2) is 17.0 Å². The van der Waals surface area contributed by atoms with Gasteiger partial charge < -0.3 is 14.5 Å². The van der Waals surface area contributed by atoms with E-state index in [1.165, 1.54) is 6.07 Å². The highest BCUT2D eigenvalue weighted by molar-refractivity contribution is 5.83. The second-order valence-corrected chi connectivity index (χ2v) is 6.33. The second-order valence-electron chi connectivity index (χ2n) is 6.33. The Morgan fingerprint density at radius 3 is 2.74 bits per heavy atom. The van der Waals surface area contributed by atoms with Crippen molar-refractivity contribution in [2.24, 2.45) is 0 Å². The summed E-state index contributed by atoms with van der Waals surface area (Å²) in [6, 6.07) is 10.5. The zero-order chi connectivity index (χ0) is 19.2. The van der Waals surface area contributed by atoms with E-state index in [1.807, 2.05) is 18.2 Å². The molecule has 0 bridgehead atoms. The number of rotatable bonds is 7. The highest BCUT2D eigenvalue weighted by Crippen LogP contribution is 2.24. The summed E-state index contributed by atoms with van der Waals surface area (Å²) in [6.45, 7) is 4.14. The van der Waals surface area contributed by atoms with Crippen LogP contribution in [-0.2, 0) is 17.8 Å². The number of hydrogen-bond donors (Lipinski definition) is 1. The van der Waals surface area contributed by atoms with E-state index in [-0.39, 0.29) is 11.5 Å². The number of nitrogens with zero attached hydrogens (tertiary/aromatic N) is 1. The van der Waals surface area contributed by atoms with Crippen LogP contribution in [0.3, 0.4) is 0 Å². The van der Waals surface area contributed by atoms with Crippen molar-refractivity contribution in [2.45, 2.75) is 39.3 Å². The van der Waals surface area contributed by atoms with E-state index in [1.54, 1.807) is 31.5 Å². The van der Waals surface area contributed by atoms with Crippen LogP contribution in [0.1, 0.15) is 31.4 Å². The molecule has 0 saturated carbocycles. The third kappa shape index (κ3) is 4.73. The lowest BCUT2D eigenvalue weighted by Gasteiger charge is -2.15. The molecule has 0 aliphatic rings. The second kappa shape index (κ2) is 8.49. The first kappa shape index (κ1) is 18.6. The van der Waals surface area contributed by atoms with Crippen molar-refractivity contribution in [2.75, 3.05) is 0 Å². The van der Waals surface area contributed by atoms with Gasteiger partial charge in [-0.3, -0.25) is 9.78 Å². The van der Waals surface area contributed by atoms with Gasteiger partial charge in [0.1, 0.15) is 11.3 Å². The van der Waals surface area contributed by atoms with Gasteiger partial charge in [-0.1, -0.05) is 13.3 Å². The van der Waals surface area contributed by atoms with Gasteiger partial charge in [-0.15, -0.1) is 0 Å². The molecule has 1 atom stereocenters. The lowest BCUT2D eigenvalue weighted by Crippen LogP contribution is -2.35. The number of benzene rings is 1. The van der Waals surface area contributed by atoms with Crippen LogP contribution < -0.4 is 15.7 Å². The minimum absolute atomic E-state index is 0.229. The molecule has 1 aromatic carbocycles. The molecule has 0 saturated heterocycles. The fourth-order valence-corrected chi connectivity index (χ4v) is 2.85. The predicted molar refractivity (Wildman–Crippen MR) is 103 cm³/mol. The number of ether oxygens (including phenoxy) is 1. The monoisotopic (exact) mass is 366 g/mol. The molecule has 3 aromatic rings. The lowest BCUT2D eigenvalue weighted by molar-refractivity contribution is -0.127. The van der Waals surface area contributed by atoms with E-state index < -0.39 is 6.10 Å². The number of pyridine rings is 1. The Hall–Kier alpha value is -3.15. The molecule has 140 valence electrons. The molecule has 1 N–H and O–H groups in total. The van der Waals surface area contributed by atoms with Crippen LogP contribution in [0.2, 0.25) is 0 Å². The van der Waals surface area contributed by atoms with Crippen molar-refractivity contribution in [1.82, 2.24) is 10.3 Å². The number of amides is 1. The van der Waals surface area contributed by atoms with Gasteiger partial charge in [0, 0.05) is 36.5 Å². The molecule has 0 aliphatic carbocycles. The number of hydrogen-bond acceptors (Lipinski definition) is 5. The van der Waals surface area contributed by atoms with Gasteiger partial charge in [0.2, 0.25) is 0 Å². The molecule has 0 radical (unpaired) electrons. The Kier molecular flexibility index (Phi) is 5.86. The molecule has 2 aromatic heterocycles. The minimum atomic E-state index is -0.685. The van der Waals surface area contributed by atoms with Crippen LogP contribution >= 0.6 is 0 Å². The summed E-state index contributed by atoms with van der Waals surface area (Å²) in [6.07, 6.45) is 4.41. The Morgan fingerprint density at radius 2 is 2.00 bits per heavy atom. The highest BCUT2D eigenvalue weighted by Gasteiger charge is 2.15. The summed E-state index contributed by atoms with van der Waals surface area (Å²) in [5.41, 5.74) is 2.00. The predicted octanol–water partition coefficient (Wildman–Crippen LogP) is 3.22. The maximum absolute atomic E-state index is 12.3. The zero-order valence-electron chi connectivity index (χ0n) is 15.4. The number of fused-ring (bicyclic) bond motifs is 1. The average Bonchev–Trinajstić information content (AvgIpc) is 2.66. The fourth-order valence-electron chi connectivity index (χ4n) is 2.85. The van der Waals surface area contributed by atoms with Crippen molar-refractivity contribution >= 4 is 16.9 Å². The van der Waals surface area contributed by atoms with E-state index in [4.69, 9.17) is 9.15 Å². The van der Waals surface area contributed by atoms with Crippen molar-refractivity contribution in [3.05, 3.63) is 70.3 Å². The third-order valence-corrected chi connectivity index (χ3v) is 4.22. The van der Waals surface area contributed by atoms with Crippen molar-refractivity contribution in [3.8, 4) is 5.75 Å². The standard InChI is InChI=1S/C21H22N2O4/c1-3-4-16-11-20(24)27-19-12-17(5-6-18(16)19)26-14(2)21(25)23-13-15-7-9-22-10-8-15/h5-12,14H,3-4,13H2,1-2H3,(H,23,25)/t14-/m1/s1. The molecule has 0 aliphatic heterocycles.